The minimum Gasteiger partial charge on any atom is -0.288 e. The van der Waals surface area contributed by atoms with E-state index in [2.05, 4.69) is 22.6 Å². The summed E-state index contributed by atoms with van der Waals surface area (Å²) in [4.78, 5) is 72.2. The number of benzene rings is 4. The van der Waals surface area contributed by atoms with Gasteiger partial charge in [0.15, 0.2) is 0 Å². The van der Waals surface area contributed by atoms with Crippen LogP contribution in [0, 0.1) is 33.9 Å². The van der Waals surface area contributed by atoms with Gasteiger partial charge in [0.2, 0.25) is 0 Å². The Morgan fingerprint density at radius 2 is 0.897 bits per heavy atom. The molecule has 58 heavy (non-hydrogen) atoms. The van der Waals surface area contributed by atoms with Crippen molar-refractivity contribution in [3.05, 3.63) is 178 Å². The molecule has 0 saturated heterocycles. The molecule has 0 aliphatic heterocycles. The molecule has 0 atom stereocenters. The summed E-state index contributed by atoms with van der Waals surface area (Å²) < 4.78 is 1.14. The SMILES string of the molecule is O=C(/C=C/c1ccc(I)cc1)NO.O=C(/C=C/c1ccc([N+](=O)[O-])cc1)NO.O=C(/C=C/c1cccc([N+](=O)[O-])c1)NO.O=C(/C=C/c1ccccc1[N+](=O)[O-])NO. The number of carbonyl (C=O) groups excluding carboxylic acids is 4. The zero-order valence-corrected chi connectivity index (χ0v) is 31.6. The van der Waals surface area contributed by atoms with Gasteiger partial charge < -0.3 is 0 Å². The molecule has 302 valence electrons. The molecule has 4 rings (SSSR count). The van der Waals surface area contributed by atoms with Crippen LogP contribution in [0.1, 0.15) is 22.3 Å². The Hall–Kier alpha value is -7.51. The first-order chi connectivity index (χ1) is 27.6. The Bertz CT molecular complexity index is 2160. The van der Waals surface area contributed by atoms with Crippen LogP contribution in [0.15, 0.2) is 121 Å². The van der Waals surface area contributed by atoms with Crippen LogP contribution < -0.4 is 21.9 Å². The van der Waals surface area contributed by atoms with Crippen molar-refractivity contribution in [2.24, 2.45) is 0 Å². The molecule has 21 nitrogen and oxygen atoms in total. The van der Waals surface area contributed by atoms with Crippen molar-refractivity contribution in [1.82, 2.24) is 21.9 Å². The Morgan fingerprint density at radius 3 is 1.33 bits per heavy atom. The zero-order valence-electron chi connectivity index (χ0n) is 29.4. The largest absolute Gasteiger partial charge is 0.288 e. The predicted octanol–water partition coefficient (Wildman–Crippen LogP) is 5.15. The molecule has 4 amide bonds. The standard InChI is InChI=1S/C9H8INO2.3C9H8N2O4/c10-8-4-1-7(2-5-8)3-6-9(12)11-13;12-9(10-13)6-3-7-1-4-8(5-2-7)11(14)15;12-9(10-13)5-4-7-2-1-3-8(6-7)11(14)15;12-9(10-13)6-5-7-3-1-2-4-8(7)11(14)15/h1-6,13H,(H,11,12);3*1-6,13H,(H,10,12)/b2*6-3+;5-4+;6-5+. The van der Waals surface area contributed by atoms with Crippen LogP contribution in [-0.2, 0) is 19.2 Å². The molecule has 22 heteroatoms. The lowest BCUT2D eigenvalue weighted by molar-refractivity contribution is -0.385. The maximum absolute atomic E-state index is 10.6. The molecule has 0 unspecified atom stereocenters. The molecular formula is C36H32IN7O14. The Kier molecular flexibility index (Phi) is 22.7. The molecule has 4 aromatic carbocycles. The third-order valence-corrected chi connectivity index (χ3v) is 7.04. The van der Waals surface area contributed by atoms with Crippen LogP contribution in [0.3, 0.4) is 0 Å². The van der Waals surface area contributed by atoms with Crippen molar-refractivity contribution in [3.63, 3.8) is 0 Å². The summed E-state index contributed by atoms with van der Waals surface area (Å²) in [6.07, 6.45) is 10.1. The van der Waals surface area contributed by atoms with Crippen molar-refractivity contribution in [3.8, 4) is 0 Å². The second-order valence-corrected chi connectivity index (χ2v) is 11.6. The van der Waals surface area contributed by atoms with E-state index in [1.54, 1.807) is 18.2 Å². The highest BCUT2D eigenvalue weighted by atomic mass is 127. The summed E-state index contributed by atoms with van der Waals surface area (Å²) in [5, 5.41) is 64.1. The molecule has 0 fully saturated rings. The fourth-order valence-electron chi connectivity index (χ4n) is 3.65. The van der Waals surface area contributed by atoms with Gasteiger partial charge in [0.05, 0.1) is 20.3 Å². The van der Waals surface area contributed by atoms with E-state index in [1.807, 2.05) is 24.3 Å². The van der Waals surface area contributed by atoms with Gasteiger partial charge in [-0.05, 0) is 93.9 Å². The predicted molar refractivity (Wildman–Crippen MR) is 214 cm³/mol. The highest BCUT2D eigenvalue weighted by Crippen LogP contribution is 2.19. The van der Waals surface area contributed by atoms with Gasteiger partial charge in [-0.1, -0.05) is 36.4 Å². The van der Waals surface area contributed by atoms with Gasteiger partial charge >= 0.3 is 0 Å². The lowest BCUT2D eigenvalue weighted by atomic mass is 10.1. The van der Waals surface area contributed by atoms with Crippen molar-refractivity contribution in [1.29, 1.82) is 0 Å². The van der Waals surface area contributed by atoms with E-state index in [-0.39, 0.29) is 17.1 Å². The first-order valence-corrected chi connectivity index (χ1v) is 16.7. The first-order valence-electron chi connectivity index (χ1n) is 15.6. The van der Waals surface area contributed by atoms with E-state index in [4.69, 9.17) is 20.8 Å². The average Bonchev–Trinajstić information content (AvgIpc) is 3.24. The highest BCUT2D eigenvalue weighted by Gasteiger charge is 2.09. The quantitative estimate of drug-likeness (QED) is 0.0317. The number of halogens is 1. The van der Waals surface area contributed by atoms with Crippen molar-refractivity contribution in [2.45, 2.75) is 0 Å². The Labute approximate surface area is 340 Å². The Balaban J connectivity index is 0.000000387. The van der Waals surface area contributed by atoms with Gasteiger partial charge in [0.25, 0.3) is 40.7 Å². The summed E-state index contributed by atoms with van der Waals surface area (Å²) in [7, 11) is 0. The first kappa shape index (κ1) is 48.5. The van der Waals surface area contributed by atoms with Gasteiger partial charge in [-0.3, -0.25) is 70.4 Å². The van der Waals surface area contributed by atoms with Crippen LogP contribution in [0.25, 0.3) is 24.3 Å². The van der Waals surface area contributed by atoms with Crippen LogP contribution >= 0.6 is 22.6 Å². The average molecular weight is 914 g/mol. The number of nitrogens with zero attached hydrogens (tertiary/aromatic N) is 3. The van der Waals surface area contributed by atoms with Crippen LogP contribution in [0.4, 0.5) is 17.1 Å². The summed E-state index contributed by atoms with van der Waals surface area (Å²) in [6, 6.07) is 25.1. The van der Waals surface area contributed by atoms with E-state index in [0.717, 1.165) is 27.4 Å². The normalized spacial score (nSPS) is 10.2. The smallest absolute Gasteiger partial charge is 0.276 e. The second-order valence-electron chi connectivity index (χ2n) is 10.3. The lowest BCUT2D eigenvalue weighted by Gasteiger charge is -1.95. The van der Waals surface area contributed by atoms with Gasteiger partial charge in [-0.25, -0.2) is 21.9 Å². The fourth-order valence-corrected chi connectivity index (χ4v) is 4.01. The molecule has 0 bridgehead atoms. The molecule has 0 aromatic heterocycles. The number of hydrogen-bond acceptors (Lipinski definition) is 14. The molecule has 0 spiro atoms. The second kappa shape index (κ2) is 27.1. The number of rotatable bonds is 11. The van der Waals surface area contributed by atoms with Crippen LogP contribution in [-0.4, -0.2) is 59.2 Å². The molecule has 0 aliphatic rings. The number of para-hydroxylation sites is 1. The number of hydrogen-bond donors (Lipinski definition) is 8. The Morgan fingerprint density at radius 1 is 0.483 bits per heavy atom. The molecule has 0 radical (unpaired) electrons. The van der Waals surface area contributed by atoms with Gasteiger partial charge in [0, 0.05) is 58.2 Å². The zero-order chi connectivity index (χ0) is 43.5. The van der Waals surface area contributed by atoms with Crippen LogP contribution in [0.2, 0.25) is 0 Å². The number of hydroxylamine groups is 4. The number of nitrogens with one attached hydrogen (secondary N) is 4. The molecule has 0 aliphatic carbocycles. The maximum atomic E-state index is 10.6. The van der Waals surface area contributed by atoms with Crippen molar-refractivity contribution in [2.75, 3.05) is 0 Å². The third-order valence-electron chi connectivity index (χ3n) is 6.32. The van der Waals surface area contributed by atoms with Crippen molar-refractivity contribution < 1.29 is 54.8 Å². The monoisotopic (exact) mass is 913 g/mol. The number of nitro groups is 3. The molecule has 0 heterocycles. The number of non-ortho nitro benzene ring substituents is 2. The van der Waals surface area contributed by atoms with E-state index in [9.17, 15) is 49.5 Å². The molecule has 0 saturated carbocycles. The molecular weight excluding hydrogens is 881 g/mol. The van der Waals surface area contributed by atoms with Gasteiger partial charge in [0.1, 0.15) is 0 Å². The summed E-state index contributed by atoms with van der Waals surface area (Å²) >= 11 is 2.20. The van der Waals surface area contributed by atoms with Crippen LogP contribution in [0.5, 0.6) is 0 Å². The molecule has 8 N–H and O–H groups in total. The summed E-state index contributed by atoms with van der Waals surface area (Å²) in [5.41, 5.74) is 7.94. The summed E-state index contributed by atoms with van der Waals surface area (Å²) in [6.45, 7) is 0. The van der Waals surface area contributed by atoms with Gasteiger partial charge in [-0.15, -0.1) is 0 Å². The van der Waals surface area contributed by atoms with E-state index in [1.165, 1.54) is 107 Å². The third kappa shape index (κ3) is 20.2. The summed E-state index contributed by atoms with van der Waals surface area (Å²) in [5.74, 6) is -2.62. The van der Waals surface area contributed by atoms with E-state index < -0.39 is 38.4 Å². The number of carbonyl (C=O) groups is 4. The maximum Gasteiger partial charge on any atom is 0.276 e. The fraction of sp³-hybridized carbons (Fsp3) is 0. The van der Waals surface area contributed by atoms with Gasteiger partial charge in [-0.2, -0.15) is 0 Å². The lowest BCUT2D eigenvalue weighted by Crippen LogP contribution is -2.14. The minimum atomic E-state index is -0.742. The minimum absolute atomic E-state index is 0.0150. The van der Waals surface area contributed by atoms with E-state index >= 15 is 0 Å². The number of amides is 4. The highest BCUT2D eigenvalue weighted by molar-refractivity contribution is 14.1. The van der Waals surface area contributed by atoms with Crippen molar-refractivity contribution >= 4 is 87.6 Å². The topological polar surface area (TPSA) is 327 Å². The number of nitro benzene ring substituents is 3. The molecule has 4 aromatic rings. The van der Waals surface area contributed by atoms with E-state index in [0.29, 0.717) is 16.7 Å².